The van der Waals surface area contributed by atoms with E-state index in [-0.39, 0.29) is 0 Å². The molecule has 3 N–H and O–H groups in total. The first-order valence-corrected chi connectivity index (χ1v) is 7.60. The van der Waals surface area contributed by atoms with Gasteiger partial charge in [-0.1, -0.05) is 0 Å². The Kier molecular flexibility index (Phi) is 4.07. The SMILES string of the molecule is CC1CN(C)CCN1c1nc(NN)nc(N2CCCC2)n1. The van der Waals surface area contributed by atoms with Crippen LogP contribution in [-0.4, -0.2) is 65.7 Å². The van der Waals surface area contributed by atoms with Gasteiger partial charge in [0, 0.05) is 38.8 Å². The van der Waals surface area contributed by atoms with Gasteiger partial charge in [0.2, 0.25) is 17.8 Å². The van der Waals surface area contributed by atoms with Crippen LogP contribution in [0.15, 0.2) is 0 Å². The van der Waals surface area contributed by atoms with Crippen molar-refractivity contribution >= 4 is 17.8 Å². The highest BCUT2D eigenvalue weighted by molar-refractivity contribution is 5.46. The average molecular weight is 292 g/mol. The molecule has 0 saturated carbocycles. The maximum atomic E-state index is 5.52. The zero-order valence-corrected chi connectivity index (χ0v) is 12.8. The minimum Gasteiger partial charge on any atom is -0.341 e. The summed E-state index contributed by atoms with van der Waals surface area (Å²) in [6.45, 7) is 7.16. The third kappa shape index (κ3) is 3.01. The standard InChI is InChI=1S/C13H24N8/c1-10-9-19(2)7-8-21(10)13-16-11(18-14)15-12(17-13)20-5-3-4-6-20/h10H,3-9,14H2,1-2H3,(H,15,16,17,18). The third-order valence-electron chi connectivity index (χ3n) is 4.22. The Balaban J connectivity index is 1.88. The quantitative estimate of drug-likeness (QED) is 0.590. The van der Waals surface area contributed by atoms with Gasteiger partial charge >= 0.3 is 0 Å². The molecule has 1 atom stereocenters. The lowest BCUT2D eigenvalue weighted by molar-refractivity contribution is 0.273. The number of likely N-dealkylation sites (N-methyl/N-ethyl adjacent to an activating group) is 1. The summed E-state index contributed by atoms with van der Waals surface area (Å²) in [5, 5.41) is 0. The van der Waals surface area contributed by atoms with E-state index in [1.54, 1.807) is 0 Å². The van der Waals surface area contributed by atoms with Crippen molar-refractivity contribution in [3.63, 3.8) is 0 Å². The third-order valence-corrected chi connectivity index (χ3v) is 4.22. The van der Waals surface area contributed by atoms with E-state index in [0.717, 1.165) is 44.6 Å². The summed E-state index contributed by atoms with van der Waals surface area (Å²) in [5.74, 6) is 7.42. The molecule has 2 aliphatic rings. The van der Waals surface area contributed by atoms with Crippen molar-refractivity contribution in [1.82, 2.24) is 19.9 Å². The highest BCUT2D eigenvalue weighted by Crippen LogP contribution is 2.22. The molecule has 21 heavy (non-hydrogen) atoms. The van der Waals surface area contributed by atoms with Crippen LogP contribution in [0.4, 0.5) is 17.8 Å². The van der Waals surface area contributed by atoms with Gasteiger partial charge < -0.3 is 14.7 Å². The van der Waals surface area contributed by atoms with E-state index in [1.165, 1.54) is 12.8 Å². The number of hydrazine groups is 1. The molecule has 3 rings (SSSR count). The van der Waals surface area contributed by atoms with Crippen LogP contribution in [0.3, 0.4) is 0 Å². The van der Waals surface area contributed by atoms with E-state index < -0.39 is 0 Å². The zero-order valence-electron chi connectivity index (χ0n) is 12.8. The van der Waals surface area contributed by atoms with Crippen LogP contribution in [0.1, 0.15) is 19.8 Å². The van der Waals surface area contributed by atoms with Crippen molar-refractivity contribution in [2.75, 3.05) is 55.0 Å². The topological polar surface area (TPSA) is 86.4 Å². The van der Waals surface area contributed by atoms with Crippen molar-refractivity contribution in [2.24, 2.45) is 5.84 Å². The second-order valence-corrected chi connectivity index (χ2v) is 5.90. The molecule has 3 heterocycles. The molecule has 2 fully saturated rings. The summed E-state index contributed by atoms with van der Waals surface area (Å²) in [5.41, 5.74) is 2.57. The molecule has 2 aliphatic heterocycles. The Labute approximate surface area is 125 Å². The fraction of sp³-hybridized carbons (Fsp3) is 0.769. The second-order valence-electron chi connectivity index (χ2n) is 5.90. The van der Waals surface area contributed by atoms with Crippen LogP contribution < -0.4 is 21.1 Å². The van der Waals surface area contributed by atoms with Crippen molar-refractivity contribution in [2.45, 2.75) is 25.8 Å². The van der Waals surface area contributed by atoms with Crippen LogP contribution in [0, 0.1) is 0 Å². The molecule has 8 nitrogen and oxygen atoms in total. The van der Waals surface area contributed by atoms with Crippen LogP contribution in [0.2, 0.25) is 0 Å². The van der Waals surface area contributed by atoms with E-state index in [2.05, 4.69) is 49.0 Å². The number of nitrogen functional groups attached to an aromatic ring is 1. The van der Waals surface area contributed by atoms with E-state index in [4.69, 9.17) is 5.84 Å². The van der Waals surface area contributed by atoms with Crippen LogP contribution >= 0.6 is 0 Å². The number of anilines is 3. The van der Waals surface area contributed by atoms with Crippen LogP contribution in [-0.2, 0) is 0 Å². The minimum absolute atomic E-state index is 0.378. The van der Waals surface area contributed by atoms with Crippen molar-refractivity contribution < 1.29 is 0 Å². The number of piperazine rings is 1. The highest BCUT2D eigenvalue weighted by atomic mass is 15.4. The zero-order chi connectivity index (χ0) is 14.8. The average Bonchev–Trinajstić information content (AvgIpc) is 3.01. The smallest absolute Gasteiger partial charge is 0.243 e. The van der Waals surface area contributed by atoms with Gasteiger partial charge in [0.15, 0.2) is 0 Å². The first-order valence-electron chi connectivity index (χ1n) is 7.60. The van der Waals surface area contributed by atoms with Gasteiger partial charge in [-0.3, -0.25) is 5.43 Å². The van der Waals surface area contributed by atoms with E-state index in [9.17, 15) is 0 Å². The monoisotopic (exact) mass is 292 g/mol. The Morgan fingerprint density at radius 2 is 1.76 bits per heavy atom. The molecule has 0 spiro atoms. The molecule has 116 valence electrons. The number of aromatic nitrogens is 3. The van der Waals surface area contributed by atoms with Crippen LogP contribution in [0.25, 0.3) is 0 Å². The molecule has 1 aromatic heterocycles. The minimum atomic E-state index is 0.378. The van der Waals surface area contributed by atoms with Gasteiger partial charge in [0.1, 0.15) is 0 Å². The molecule has 0 amide bonds. The fourth-order valence-corrected chi connectivity index (χ4v) is 3.04. The second kappa shape index (κ2) is 5.98. The number of rotatable bonds is 3. The Morgan fingerprint density at radius 1 is 1.05 bits per heavy atom. The normalized spacial score (nSPS) is 23.7. The first kappa shape index (κ1) is 14.3. The molecule has 2 saturated heterocycles. The van der Waals surface area contributed by atoms with Crippen molar-refractivity contribution in [1.29, 1.82) is 0 Å². The molecule has 0 aliphatic carbocycles. The molecule has 1 aromatic rings. The Hall–Kier alpha value is -1.67. The fourth-order valence-electron chi connectivity index (χ4n) is 3.04. The van der Waals surface area contributed by atoms with E-state index >= 15 is 0 Å². The number of nitrogens with two attached hydrogens (primary N) is 1. The van der Waals surface area contributed by atoms with Gasteiger partial charge in [-0.15, -0.1) is 0 Å². The predicted molar refractivity (Wildman–Crippen MR) is 83.4 cm³/mol. The molecule has 8 heteroatoms. The summed E-state index contributed by atoms with van der Waals surface area (Å²) in [6, 6.07) is 0.378. The van der Waals surface area contributed by atoms with Gasteiger partial charge in [-0.2, -0.15) is 15.0 Å². The lowest BCUT2D eigenvalue weighted by Crippen LogP contribution is -2.51. The first-order chi connectivity index (χ1) is 10.2. The van der Waals surface area contributed by atoms with Gasteiger partial charge in [-0.05, 0) is 26.8 Å². The Morgan fingerprint density at radius 3 is 2.43 bits per heavy atom. The van der Waals surface area contributed by atoms with Crippen molar-refractivity contribution in [3.8, 4) is 0 Å². The molecule has 1 unspecified atom stereocenters. The number of hydrogen-bond acceptors (Lipinski definition) is 8. The molecule has 0 radical (unpaired) electrons. The largest absolute Gasteiger partial charge is 0.341 e. The molecular formula is C13H24N8. The molecular weight excluding hydrogens is 268 g/mol. The summed E-state index contributed by atoms with van der Waals surface area (Å²) >= 11 is 0. The van der Waals surface area contributed by atoms with Gasteiger partial charge in [0.25, 0.3) is 0 Å². The number of nitrogens with one attached hydrogen (secondary N) is 1. The summed E-state index contributed by atoms with van der Waals surface area (Å²) in [7, 11) is 2.14. The summed E-state index contributed by atoms with van der Waals surface area (Å²) in [4.78, 5) is 20.3. The summed E-state index contributed by atoms with van der Waals surface area (Å²) in [6.07, 6.45) is 2.38. The van der Waals surface area contributed by atoms with E-state index in [0.29, 0.717) is 12.0 Å². The van der Waals surface area contributed by atoms with Crippen LogP contribution in [0.5, 0.6) is 0 Å². The molecule has 0 bridgehead atoms. The van der Waals surface area contributed by atoms with Crippen molar-refractivity contribution in [3.05, 3.63) is 0 Å². The van der Waals surface area contributed by atoms with Gasteiger partial charge in [-0.25, -0.2) is 5.84 Å². The Bertz CT molecular complexity index is 487. The lowest BCUT2D eigenvalue weighted by Gasteiger charge is -2.38. The van der Waals surface area contributed by atoms with E-state index in [1.807, 2.05) is 0 Å². The predicted octanol–water partition coefficient (Wildman–Crippen LogP) is -0.102. The highest BCUT2D eigenvalue weighted by Gasteiger charge is 2.26. The number of hydrogen-bond donors (Lipinski definition) is 2. The maximum Gasteiger partial charge on any atom is 0.243 e. The number of nitrogens with zero attached hydrogens (tertiary/aromatic N) is 6. The van der Waals surface area contributed by atoms with Gasteiger partial charge in [0.05, 0.1) is 0 Å². The maximum absolute atomic E-state index is 5.52. The molecule has 0 aromatic carbocycles. The summed E-state index contributed by atoms with van der Waals surface area (Å²) < 4.78 is 0. The lowest BCUT2D eigenvalue weighted by atomic mass is 10.2.